The Bertz CT molecular complexity index is 579. The first-order valence-electron chi connectivity index (χ1n) is 7.11. The number of amides is 1. The van der Waals surface area contributed by atoms with Crippen molar-refractivity contribution in [3.63, 3.8) is 0 Å². The highest BCUT2D eigenvalue weighted by molar-refractivity contribution is 5.80. The van der Waals surface area contributed by atoms with Crippen LogP contribution in [0.25, 0.3) is 0 Å². The Morgan fingerprint density at radius 2 is 1.95 bits per heavy atom. The highest BCUT2D eigenvalue weighted by Gasteiger charge is 2.28. The number of carbonyl (C=O) groups excluding carboxylic acids is 2. The maximum absolute atomic E-state index is 12.3. The van der Waals surface area contributed by atoms with E-state index in [-0.39, 0.29) is 29.9 Å². The molecule has 1 aromatic rings. The van der Waals surface area contributed by atoms with Crippen molar-refractivity contribution >= 4 is 17.6 Å². The third-order valence-electron chi connectivity index (χ3n) is 3.91. The van der Waals surface area contributed by atoms with Crippen LogP contribution in [-0.4, -0.2) is 41.9 Å². The predicted octanol–water partition coefficient (Wildman–Crippen LogP) is 1.55. The highest BCUT2D eigenvalue weighted by atomic mass is 16.6. The number of piperidine rings is 1. The van der Waals surface area contributed by atoms with Gasteiger partial charge in [-0.05, 0) is 12.8 Å². The smallest absolute Gasteiger partial charge is 0.308 e. The second-order valence-electron chi connectivity index (χ2n) is 5.24. The van der Waals surface area contributed by atoms with E-state index in [1.165, 1.54) is 13.2 Å². The maximum atomic E-state index is 12.3. The molecule has 22 heavy (non-hydrogen) atoms. The summed E-state index contributed by atoms with van der Waals surface area (Å²) in [6.45, 7) is 0.943. The summed E-state index contributed by atoms with van der Waals surface area (Å²) in [5.41, 5.74) is 0.368. The lowest BCUT2D eigenvalue weighted by molar-refractivity contribution is -0.385. The Morgan fingerprint density at radius 3 is 2.55 bits per heavy atom. The molecule has 118 valence electrons. The number of rotatable bonds is 4. The van der Waals surface area contributed by atoms with Crippen LogP contribution >= 0.6 is 0 Å². The van der Waals surface area contributed by atoms with E-state index >= 15 is 0 Å². The van der Waals surface area contributed by atoms with E-state index in [1.807, 2.05) is 0 Å². The lowest BCUT2D eigenvalue weighted by Gasteiger charge is -2.30. The van der Waals surface area contributed by atoms with Gasteiger partial charge >= 0.3 is 5.97 Å². The van der Waals surface area contributed by atoms with Gasteiger partial charge in [0.05, 0.1) is 24.4 Å². The summed E-state index contributed by atoms with van der Waals surface area (Å²) in [6.07, 6.45) is 1.13. The van der Waals surface area contributed by atoms with Crippen LogP contribution in [0, 0.1) is 16.0 Å². The number of nitro benzene ring substituents is 1. The van der Waals surface area contributed by atoms with Gasteiger partial charge in [0.1, 0.15) is 0 Å². The molecule has 0 bridgehead atoms. The molecule has 1 saturated heterocycles. The van der Waals surface area contributed by atoms with Gasteiger partial charge in [0.25, 0.3) is 5.69 Å². The van der Waals surface area contributed by atoms with E-state index in [1.54, 1.807) is 23.1 Å². The van der Waals surface area contributed by atoms with Gasteiger partial charge in [0, 0.05) is 24.7 Å². The van der Waals surface area contributed by atoms with Crippen molar-refractivity contribution in [2.45, 2.75) is 19.3 Å². The minimum atomic E-state index is -0.480. The quantitative estimate of drug-likeness (QED) is 0.478. The van der Waals surface area contributed by atoms with Crippen LogP contribution < -0.4 is 0 Å². The average Bonchev–Trinajstić information content (AvgIpc) is 2.54. The number of para-hydroxylation sites is 1. The molecule has 1 aliphatic heterocycles. The van der Waals surface area contributed by atoms with Crippen molar-refractivity contribution < 1.29 is 19.2 Å². The standard InChI is InChI=1S/C15H18N2O5/c1-22-15(19)11-6-8-16(9-7-11)14(18)10-12-4-2-3-5-13(12)17(20)21/h2-5,11H,6-10H2,1H3. The Morgan fingerprint density at radius 1 is 1.32 bits per heavy atom. The fourth-order valence-electron chi connectivity index (χ4n) is 2.64. The van der Waals surface area contributed by atoms with E-state index in [0.717, 1.165) is 0 Å². The zero-order chi connectivity index (χ0) is 16.1. The molecule has 0 saturated carbocycles. The number of carbonyl (C=O) groups is 2. The van der Waals surface area contributed by atoms with Gasteiger partial charge in [0.15, 0.2) is 0 Å². The first-order chi connectivity index (χ1) is 10.5. The van der Waals surface area contributed by atoms with Crippen LogP contribution in [0.3, 0.4) is 0 Å². The summed E-state index contributed by atoms with van der Waals surface area (Å²) in [4.78, 5) is 35.9. The number of methoxy groups -OCH3 is 1. The molecule has 7 nitrogen and oxygen atoms in total. The fraction of sp³-hybridized carbons (Fsp3) is 0.467. The van der Waals surface area contributed by atoms with E-state index in [4.69, 9.17) is 4.74 Å². The van der Waals surface area contributed by atoms with Crippen LogP contribution in [0.15, 0.2) is 24.3 Å². The number of benzene rings is 1. The van der Waals surface area contributed by atoms with Crippen molar-refractivity contribution in [2.75, 3.05) is 20.2 Å². The Hall–Kier alpha value is -2.44. The van der Waals surface area contributed by atoms with E-state index in [9.17, 15) is 19.7 Å². The van der Waals surface area contributed by atoms with Crippen molar-refractivity contribution in [3.8, 4) is 0 Å². The van der Waals surface area contributed by atoms with Gasteiger partial charge in [-0.1, -0.05) is 18.2 Å². The number of esters is 1. The second kappa shape index (κ2) is 7.02. The zero-order valence-corrected chi connectivity index (χ0v) is 12.4. The van der Waals surface area contributed by atoms with Gasteiger partial charge in [-0.2, -0.15) is 0 Å². The lowest BCUT2D eigenvalue weighted by Crippen LogP contribution is -2.41. The van der Waals surface area contributed by atoms with Crippen molar-refractivity contribution in [1.82, 2.24) is 4.90 Å². The summed E-state index contributed by atoms with van der Waals surface area (Å²) >= 11 is 0. The number of ether oxygens (including phenoxy) is 1. The molecule has 0 aliphatic carbocycles. The van der Waals surface area contributed by atoms with Crippen LogP contribution in [0.2, 0.25) is 0 Å². The lowest BCUT2D eigenvalue weighted by atomic mass is 9.96. The molecule has 0 aromatic heterocycles. The van der Waals surface area contributed by atoms with Crippen LogP contribution in [-0.2, 0) is 20.7 Å². The van der Waals surface area contributed by atoms with Crippen LogP contribution in [0.1, 0.15) is 18.4 Å². The number of likely N-dealkylation sites (tertiary alicyclic amines) is 1. The fourth-order valence-corrected chi connectivity index (χ4v) is 2.64. The normalized spacial score (nSPS) is 15.4. The first kappa shape index (κ1) is 15.9. The molecular formula is C15H18N2O5. The van der Waals surface area contributed by atoms with Gasteiger partial charge < -0.3 is 9.64 Å². The molecule has 0 atom stereocenters. The minimum Gasteiger partial charge on any atom is -0.469 e. The Balaban J connectivity index is 1.97. The molecule has 7 heteroatoms. The van der Waals surface area contributed by atoms with Gasteiger partial charge in [-0.25, -0.2) is 0 Å². The van der Waals surface area contributed by atoms with Gasteiger partial charge in [-0.3, -0.25) is 19.7 Å². The van der Waals surface area contributed by atoms with E-state index in [0.29, 0.717) is 31.5 Å². The Kier molecular flexibility index (Phi) is 5.08. The number of nitro groups is 1. The molecular weight excluding hydrogens is 288 g/mol. The summed E-state index contributed by atoms with van der Waals surface area (Å²) in [5.74, 6) is -0.566. The topological polar surface area (TPSA) is 89.8 Å². The van der Waals surface area contributed by atoms with E-state index < -0.39 is 4.92 Å². The maximum Gasteiger partial charge on any atom is 0.308 e. The minimum absolute atomic E-state index is 0.0000439. The third kappa shape index (κ3) is 3.60. The van der Waals surface area contributed by atoms with Gasteiger partial charge in [0.2, 0.25) is 5.91 Å². The second-order valence-corrected chi connectivity index (χ2v) is 5.24. The number of hydrogen-bond acceptors (Lipinski definition) is 5. The molecule has 0 unspecified atom stereocenters. The molecule has 1 aromatic carbocycles. The summed E-state index contributed by atoms with van der Waals surface area (Å²) < 4.78 is 4.71. The molecule has 1 amide bonds. The van der Waals surface area contributed by atoms with Crippen LogP contribution in [0.5, 0.6) is 0 Å². The largest absolute Gasteiger partial charge is 0.469 e. The molecule has 1 fully saturated rings. The van der Waals surface area contributed by atoms with Crippen molar-refractivity contribution in [2.24, 2.45) is 5.92 Å². The number of hydrogen-bond donors (Lipinski definition) is 0. The molecule has 0 N–H and O–H groups in total. The van der Waals surface area contributed by atoms with Crippen molar-refractivity contribution in [1.29, 1.82) is 0 Å². The molecule has 2 rings (SSSR count). The predicted molar refractivity (Wildman–Crippen MR) is 78.1 cm³/mol. The molecule has 1 heterocycles. The zero-order valence-electron chi connectivity index (χ0n) is 12.4. The van der Waals surface area contributed by atoms with Crippen molar-refractivity contribution in [3.05, 3.63) is 39.9 Å². The molecule has 1 aliphatic rings. The average molecular weight is 306 g/mol. The summed E-state index contributed by atoms with van der Waals surface area (Å²) in [6, 6.07) is 6.25. The summed E-state index contributed by atoms with van der Waals surface area (Å²) in [5, 5.41) is 11.0. The summed E-state index contributed by atoms with van der Waals surface area (Å²) in [7, 11) is 1.36. The Labute approximate surface area is 128 Å². The first-order valence-corrected chi connectivity index (χ1v) is 7.11. The molecule has 0 spiro atoms. The monoisotopic (exact) mass is 306 g/mol. The SMILES string of the molecule is COC(=O)C1CCN(C(=O)Cc2ccccc2[N+](=O)[O-])CC1. The van der Waals surface area contributed by atoms with Crippen LogP contribution in [0.4, 0.5) is 5.69 Å². The molecule has 0 radical (unpaired) electrons. The van der Waals surface area contributed by atoms with Gasteiger partial charge in [-0.15, -0.1) is 0 Å². The number of nitrogens with zero attached hydrogens (tertiary/aromatic N) is 2. The van der Waals surface area contributed by atoms with E-state index in [2.05, 4.69) is 0 Å². The highest BCUT2D eigenvalue weighted by Crippen LogP contribution is 2.22. The third-order valence-corrected chi connectivity index (χ3v) is 3.91.